The number of allylic oxidation sites excluding steroid dienone is 2. The van der Waals surface area contributed by atoms with E-state index in [0.29, 0.717) is 5.92 Å². The summed E-state index contributed by atoms with van der Waals surface area (Å²) >= 11 is 0. The van der Waals surface area contributed by atoms with E-state index >= 15 is 0 Å². The zero-order valence-electron chi connectivity index (χ0n) is 15.5. The van der Waals surface area contributed by atoms with Crippen LogP contribution < -0.4 is 9.47 Å². The van der Waals surface area contributed by atoms with Crippen LogP contribution in [0.1, 0.15) is 30.9 Å². The van der Waals surface area contributed by atoms with Gasteiger partial charge in [-0.1, -0.05) is 37.3 Å². The summed E-state index contributed by atoms with van der Waals surface area (Å²) in [5.74, 6) is 2.12. The van der Waals surface area contributed by atoms with Crippen molar-refractivity contribution in [3.05, 3.63) is 70.8 Å². The molecule has 1 unspecified atom stereocenters. The second-order valence-electron chi connectivity index (χ2n) is 6.70. The predicted molar refractivity (Wildman–Crippen MR) is 105 cm³/mol. The van der Waals surface area contributed by atoms with E-state index in [0.717, 1.165) is 46.6 Å². The average Bonchev–Trinajstić information content (AvgIpc) is 2.66. The second-order valence-corrected chi connectivity index (χ2v) is 6.70. The van der Waals surface area contributed by atoms with E-state index in [2.05, 4.69) is 6.92 Å². The molecule has 3 heteroatoms. The molecule has 134 valence electrons. The van der Waals surface area contributed by atoms with Gasteiger partial charge < -0.3 is 9.47 Å². The molecule has 0 bridgehead atoms. The van der Waals surface area contributed by atoms with Gasteiger partial charge in [0.1, 0.15) is 11.5 Å². The fraction of sp³-hybridized carbons (Fsp3) is 0.261. The fourth-order valence-corrected chi connectivity index (χ4v) is 3.37. The van der Waals surface area contributed by atoms with Gasteiger partial charge in [-0.3, -0.25) is 4.79 Å². The smallest absolute Gasteiger partial charge is 0.185 e. The molecule has 26 heavy (non-hydrogen) atoms. The second kappa shape index (κ2) is 8.05. The number of methoxy groups -OCH3 is 2. The molecular weight excluding hydrogens is 324 g/mol. The lowest BCUT2D eigenvalue weighted by molar-refractivity contribution is -0.113. The summed E-state index contributed by atoms with van der Waals surface area (Å²) in [6.45, 7) is 2.18. The number of carbonyl (C=O) groups is 1. The summed E-state index contributed by atoms with van der Waals surface area (Å²) in [6.07, 6.45) is 5.53. The van der Waals surface area contributed by atoms with Gasteiger partial charge in [-0.25, -0.2) is 0 Å². The molecule has 1 aliphatic rings. The van der Waals surface area contributed by atoms with Gasteiger partial charge in [0, 0.05) is 16.7 Å². The molecule has 3 rings (SSSR count). The standard InChI is InChI=1S/C23H24O3/c1-16-11-19(13-17-7-6-9-21(14-17)25-2)23(24)20(12-16)15-18-8-4-5-10-22(18)26-3/h4-10,13-16H,11-12H2,1-3H3/b19-13+,20-15+. The van der Waals surface area contributed by atoms with Gasteiger partial charge in [-0.05, 0) is 54.7 Å². The summed E-state index contributed by atoms with van der Waals surface area (Å²) in [6, 6.07) is 15.6. The summed E-state index contributed by atoms with van der Waals surface area (Å²) < 4.78 is 10.7. The first-order valence-electron chi connectivity index (χ1n) is 8.83. The van der Waals surface area contributed by atoms with E-state index in [1.165, 1.54) is 0 Å². The van der Waals surface area contributed by atoms with E-state index in [1.807, 2.05) is 60.7 Å². The van der Waals surface area contributed by atoms with Crippen molar-refractivity contribution in [3.63, 3.8) is 0 Å². The molecule has 0 N–H and O–H groups in total. The van der Waals surface area contributed by atoms with Crippen LogP contribution in [0, 0.1) is 5.92 Å². The van der Waals surface area contributed by atoms with Crippen LogP contribution >= 0.6 is 0 Å². The third-order valence-corrected chi connectivity index (χ3v) is 4.62. The molecule has 0 aromatic heterocycles. The van der Waals surface area contributed by atoms with Crippen LogP contribution in [0.5, 0.6) is 11.5 Å². The number of rotatable bonds is 4. The van der Waals surface area contributed by atoms with Crippen molar-refractivity contribution in [1.29, 1.82) is 0 Å². The van der Waals surface area contributed by atoms with Crippen LogP contribution in [0.3, 0.4) is 0 Å². The minimum atomic E-state index is 0.122. The van der Waals surface area contributed by atoms with Gasteiger partial charge in [-0.2, -0.15) is 0 Å². The number of ketones is 1. The third-order valence-electron chi connectivity index (χ3n) is 4.62. The summed E-state index contributed by atoms with van der Waals surface area (Å²) in [5, 5.41) is 0. The van der Waals surface area contributed by atoms with Crippen molar-refractivity contribution in [2.45, 2.75) is 19.8 Å². The van der Waals surface area contributed by atoms with Gasteiger partial charge in [-0.15, -0.1) is 0 Å². The Kier molecular flexibility index (Phi) is 5.57. The lowest BCUT2D eigenvalue weighted by Gasteiger charge is -2.23. The lowest BCUT2D eigenvalue weighted by Crippen LogP contribution is -2.18. The molecule has 2 aromatic rings. The van der Waals surface area contributed by atoms with Crippen LogP contribution in [0.25, 0.3) is 12.2 Å². The van der Waals surface area contributed by atoms with Crippen molar-refractivity contribution < 1.29 is 14.3 Å². The topological polar surface area (TPSA) is 35.5 Å². The molecule has 1 fully saturated rings. The van der Waals surface area contributed by atoms with Gasteiger partial charge in [0.05, 0.1) is 14.2 Å². The number of hydrogen-bond donors (Lipinski definition) is 0. The molecule has 0 radical (unpaired) electrons. The molecule has 0 aliphatic heterocycles. The molecule has 3 nitrogen and oxygen atoms in total. The van der Waals surface area contributed by atoms with E-state index in [9.17, 15) is 4.79 Å². The zero-order chi connectivity index (χ0) is 18.5. The quantitative estimate of drug-likeness (QED) is 0.715. The summed E-state index contributed by atoms with van der Waals surface area (Å²) in [5.41, 5.74) is 3.60. The highest BCUT2D eigenvalue weighted by molar-refractivity contribution is 6.14. The summed E-state index contributed by atoms with van der Waals surface area (Å²) in [7, 11) is 3.30. The van der Waals surface area contributed by atoms with E-state index in [-0.39, 0.29) is 5.78 Å². The Hall–Kier alpha value is -2.81. The van der Waals surface area contributed by atoms with Gasteiger partial charge in [0.25, 0.3) is 0 Å². The highest BCUT2D eigenvalue weighted by atomic mass is 16.5. The highest BCUT2D eigenvalue weighted by Crippen LogP contribution is 2.33. The van der Waals surface area contributed by atoms with Crippen LogP contribution in [0.4, 0.5) is 0 Å². The molecule has 0 saturated heterocycles. The Bertz CT molecular complexity index is 861. The van der Waals surface area contributed by atoms with Gasteiger partial charge in [0.15, 0.2) is 5.78 Å². The molecule has 0 heterocycles. The minimum absolute atomic E-state index is 0.122. The van der Waals surface area contributed by atoms with Crippen LogP contribution in [0.15, 0.2) is 59.7 Å². The number of ether oxygens (including phenoxy) is 2. The Balaban J connectivity index is 1.95. The molecule has 0 amide bonds. The van der Waals surface area contributed by atoms with E-state index in [4.69, 9.17) is 9.47 Å². The molecule has 0 spiro atoms. The first-order chi connectivity index (χ1) is 12.6. The minimum Gasteiger partial charge on any atom is -0.497 e. The van der Waals surface area contributed by atoms with Crippen LogP contribution in [-0.2, 0) is 4.79 Å². The van der Waals surface area contributed by atoms with Crippen molar-refractivity contribution >= 4 is 17.9 Å². The third kappa shape index (κ3) is 4.05. The fourth-order valence-electron chi connectivity index (χ4n) is 3.37. The van der Waals surface area contributed by atoms with Gasteiger partial charge >= 0.3 is 0 Å². The Morgan fingerprint density at radius 1 is 0.923 bits per heavy atom. The maximum atomic E-state index is 13.0. The monoisotopic (exact) mass is 348 g/mol. The predicted octanol–water partition coefficient (Wildman–Crippen LogP) is 5.17. The van der Waals surface area contributed by atoms with Crippen LogP contribution in [0.2, 0.25) is 0 Å². The number of hydrogen-bond acceptors (Lipinski definition) is 3. The van der Waals surface area contributed by atoms with E-state index in [1.54, 1.807) is 14.2 Å². The molecule has 2 aromatic carbocycles. The number of para-hydroxylation sites is 1. The van der Waals surface area contributed by atoms with Crippen molar-refractivity contribution in [3.8, 4) is 11.5 Å². The molecule has 1 aliphatic carbocycles. The zero-order valence-corrected chi connectivity index (χ0v) is 15.5. The molecule has 1 saturated carbocycles. The number of Topliss-reactive ketones (excluding diaryl/α,β-unsaturated/α-hetero) is 1. The summed E-state index contributed by atoms with van der Waals surface area (Å²) in [4.78, 5) is 13.0. The average molecular weight is 348 g/mol. The van der Waals surface area contributed by atoms with Crippen LogP contribution in [-0.4, -0.2) is 20.0 Å². The number of benzene rings is 2. The molecular formula is C23H24O3. The normalized spacial score (nSPS) is 20.4. The first-order valence-corrected chi connectivity index (χ1v) is 8.83. The Labute approximate surface area is 155 Å². The Morgan fingerprint density at radius 3 is 2.38 bits per heavy atom. The van der Waals surface area contributed by atoms with E-state index < -0.39 is 0 Å². The van der Waals surface area contributed by atoms with Gasteiger partial charge in [0.2, 0.25) is 0 Å². The highest BCUT2D eigenvalue weighted by Gasteiger charge is 2.25. The van der Waals surface area contributed by atoms with Crippen molar-refractivity contribution in [2.75, 3.05) is 14.2 Å². The maximum Gasteiger partial charge on any atom is 0.185 e. The first kappa shape index (κ1) is 18.0. The lowest BCUT2D eigenvalue weighted by atomic mass is 9.80. The Morgan fingerprint density at radius 2 is 1.65 bits per heavy atom. The molecule has 1 atom stereocenters. The SMILES string of the molecule is COc1cccc(/C=C2\CC(C)C/C(=C\c3ccccc3OC)C2=O)c1. The van der Waals surface area contributed by atoms with Crippen molar-refractivity contribution in [1.82, 2.24) is 0 Å². The van der Waals surface area contributed by atoms with Crippen molar-refractivity contribution in [2.24, 2.45) is 5.92 Å². The number of carbonyl (C=O) groups excluding carboxylic acids is 1. The largest absolute Gasteiger partial charge is 0.497 e. The maximum absolute atomic E-state index is 13.0.